The van der Waals surface area contributed by atoms with Crippen molar-refractivity contribution in [3.8, 4) is 33.8 Å². The van der Waals surface area contributed by atoms with E-state index < -0.39 is 22.2 Å². The normalized spacial score (nSPS) is 20.9. The Hall–Kier alpha value is -8.39. The average molecular weight is 1530 g/mol. The summed E-state index contributed by atoms with van der Waals surface area (Å²) in [7, 11) is -1.37. The molecule has 0 atom stereocenters. The Morgan fingerprint density at radius 2 is 1.00 bits per heavy atom. The number of unbranched alkanes of at least 4 members (excludes halogenated alkanes) is 2. The zero-order chi connectivity index (χ0) is 75.9. The van der Waals surface area contributed by atoms with E-state index in [1.807, 2.05) is 21.8 Å². The Labute approximate surface area is 636 Å². The van der Waals surface area contributed by atoms with Crippen LogP contribution in [0.2, 0.25) is 0 Å². The number of sulfonamides is 1. The summed E-state index contributed by atoms with van der Waals surface area (Å²) >= 11 is 0. The first-order chi connectivity index (χ1) is 52.2. The fraction of sp³-hybridized carbons (Fsp3) is 0.570. The highest BCUT2D eigenvalue weighted by Gasteiger charge is 2.38. The van der Waals surface area contributed by atoms with E-state index >= 15 is 0 Å². The number of anilines is 3. The maximum atomic E-state index is 13.4. The molecule has 6 aromatic heterocycles. The monoisotopic (exact) mass is 1530 g/mol. The van der Waals surface area contributed by atoms with Gasteiger partial charge in [0.1, 0.15) is 22.9 Å². The molecule has 25 nitrogen and oxygen atoms in total. The molecule has 0 radical (unpaired) electrons. The Bertz CT molecular complexity index is 4490. The summed E-state index contributed by atoms with van der Waals surface area (Å²) in [5.41, 5.74) is 9.16. The predicted molar refractivity (Wildman–Crippen MR) is 416 cm³/mol. The van der Waals surface area contributed by atoms with E-state index in [9.17, 15) is 36.2 Å². The van der Waals surface area contributed by atoms with Gasteiger partial charge in [-0.25, -0.2) is 46.6 Å². The number of aliphatic carboxylic acids is 1. The van der Waals surface area contributed by atoms with Crippen LogP contribution >= 0.6 is 0 Å². The molecule has 0 amide bonds. The number of hydrogen-bond donors (Lipinski definition) is 6. The van der Waals surface area contributed by atoms with Crippen LogP contribution in [0.15, 0.2) is 96.3 Å². The van der Waals surface area contributed by atoms with Crippen molar-refractivity contribution in [1.82, 2.24) is 73.4 Å². The number of halogens is 4. The van der Waals surface area contributed by atoms with Gasteiger partial charge in [-0.1, -0.05) is 103 Å². The third-order valence-corrected chi connectivity index (χ3v) is 23.4. The van der Waals surface area contributed by atoms with Crippen LogP contribution in [0.5, 0.6) is 0 Å². The van der Waals surface area contributed by atoms with Crippen molar-refractivity contribution >= 4 is 66.9 Å². The second-order valence-corrected chi connectivity index (χ2v) is 31.7. The molecule has 2 saturated heterocycles. The van der Waals surface area contributed by atoms with E-state index in [1.165, 1.54) is 66.9 Å². The van der Waals surface area contributed by atoms with Gasteiger partial charge in [-0.2, -0.15) is 47.7 Å². The van der Waals surface area contributed by atoms with Crippen molar-refractivity contribution in [2.45, 2.75) is 199 Å². The lowest BCUT2D eigenvalue weighted by Crippen LogP contribution is -2.43. The van der Waals surface area contributed by atoms with Crippen molar-refractivity contribution in [1.29, 1.82) is 0 Å². The maximum Gasteiger partial charge on any atom is 0.490 e. The van der Waals surface area contributed by atoms with Crippen molar-refractivity contribution in [2.24, 2.45) is 17.8 Å². The summed E-state index contributed by atoms with van der Waals surface area (Å²) in [4.78, 5) is 42.3. The quantitative estimate of drug-likeness (QED) is 0.0256. The summed E-state index contributed by atoms with van der Waals surface area (Å²) < 4.78 is 84.1. The topological polar surface area (TPSA) is 298 Å². The summed E-state index contributed by atoms with van der Waals surface area (Å²) in [6.07, 6.45) is 20.0. The molecule has 4 aliphatic carbocycles. The molecule has 0 bridgehead atoms. The zero-order valence-electron chi connectivity index (χ0n) is 62.4. The zero-order valence-corrected chi connectivity index (χ0v) is 63.2. The van der Waals surface area contributed by atoms with Gasteiger partial charge in [0.05, 0.1) is 58.6 Å². The number of aliphatic hydroxyl groups excluding tert-OH is 2. The third kappa shape index (κ3) is 21.6. The van der Waals surface area contributed by atoms with Crippen LogP contribution in [0.4, 0.5) is 35.4 Å². The minimum absolute atomic E-state index is 0. The molecule has 3 aromatic carbocycles. The lowest BCUT2D eigenvalue weighted by Gasteiger charge is -2.32. The number of aromatic nitrogens is 12. The number of likely N-dealkylation sites (N-methyl/N-ethyl adjacent to an activating group) is 1. The summed E-state index contributed by atoms with van der Waals surface area (Å²) in [5, 5.41) is 54.9. The minimum atomic E-state index is -5.08. The molecule has 6 N–H and O–H groups in total. The molecule has 590 valence electrons. The molecule has 6 aliphatic rings. The largest absolute Gasteiger partial charge is 0.490 e. The van der Waals surface area contributed by atoms with Crippen molar-refractivity contribution in [2.75, 3.05) is 95.1 Å². The van der Waals surface area contributed by atoms with Crippen molar-refractivity contribution < 1.29 is 50.8 Å². The van der Waals surface area contributed by atoms with Crippen LogP contribution in [-0.2, 0) is 32.6 Å². The summed E-state index contributed by atoms with van der Waals surface area (Å²) in [5.74, 6) is 1.25. The van der Waals surface area contributed by atoms with Gasteiger partial charge in [0, 0.05) is 107 Å². The SMILES string of the molecule is C.CCCCNc1ncc2c(-c3ccc(F)cc3)nn(CC3CCC(C)CC3)c2n1.CCCCNc1ncc2c(-c3ccc(S(=O)(=O)N4CCOCC4)cc3)nn(C3CCC(O)CC3)c2n1.CN1CCN(Cc2ccc(-c3nn(C4CCC(O)CC4)c4nc(NCCC5CC5)ncc34)cc2)CC1.O=C(O)C(F)(F)F. The highest BCUT2D eigenvalue weighted by Crippen LogP contribution is 2.39. The third-order valence-electron chi connectivity index (χ3n) is 21.5. The van der Waals surface area contributed by atoms with Crippen LogP contribution in [0, 0.1) is 23.6 Å². The van der Waals surface area contributed by atoms with Crippen LogP contribution < -0.4 is 16.0 Å². The Kier molecular flexibility index (Phi) is 28.5. The number of alkyl halides is 3. The fourth-order valence-electron chi connectivity index (χ4n) is 14.6. The maximum absolute atomic E-state index is 13.4. The smallest absolute Gasteiger partial charge is 0.475 e. The summed E-state index contributed by atoms with van der Waals surface area (Å²) in [6.45, 7) is 17.2. The number of nitrogens with zero attached hydrogens (tertiary/aromatic N) is 15. The molecule has 4 saturated carbocycles. The van der Waals surface area contributed by atoms with E-state index in [0.29, 0.717) is 50.1 Å². The van der Waals surface area contributed by atoms with E-state index in [-0.39, 0.29) is 42.4 Å². The van der Waals surface area contributed by atoms with Crippen molar-refractivity contribution in [3.63, 3.8) is 0 Å². The fourth-order valence-corrected chi connectivity index (χ4v) is 16.0. The molecule has 30 heteroatoms. The number of morpholine rings is 1. The number of carboxylic acid groups (broad SMARTS) is 1. The molecule has 109 heavy (non-hydrogen) atoms. The molecule has 15 rings (SSSR count). The number of rotatable bonds is 23. The second-order valence-electron chi connectivity index (χ2n) is 29.8. The van der Waals surface area contributed by atoms with Crippen LogP contribution in [-0.4, -0.2) is 201 Å². The standard InChI is InChI=1S/C28H39N7O.C25H34N6O4S.C23H30FN5.C2HF3O2.CH4/c1-33-14-16-34(17-15-33)19-21-4-6-22(7-5-21)26-25-18-30-28(29-13-12-20-2-3-20)31-27(25)35(32-26)23-8-10-24(36)11-9-23;1-2-3-12-26-25-27-17-22-23(29-31(24(22)28-25)19-6-8-20(32)9-7-19)18-4-10-21(11-5-18)36(33,34)30-13-15-35-16-14-30;1-3-4-13-25-23-26-14-20-21(18-9-11-19(24)12-10-18)28-29(22(20)27-23)15-17-7-5-16(2)6-8-17;3-2(4,5)1(6)7;/h4-7,18,20,23-24,36H,2-3,8-17,19H2,1H3,(H,29,30,31);4-5,10-11,17,19-20,32H,2-3,6-9,12-16H2,1H3,(H,26,27,28);9-12,14,16-17H,3-8,13,15H2,1-2H3,(H,25,26,27);(H,6,7);1H4. The van der Waals surface area contributed by atoms with Gasteiger partial charge < -0.3 is 40.9 Å². The van der Waals surface area contributed by atoms with Crippen LogP contribution in [0.25, 0.3) is 66.9 Å². The van der Waals surface area contributed by atoms with E-state index in [2.05, 4.69) is 97.5 Å². The number of piperazine rings is 1. The average Bonchev–Trinajstić information content (AvgIpc) is 1.64. The molecule has 2 aliphatic heterocycles. The summed E-state index contributed by atoms with van der Waals surface area (Å²) in [6, 6.07) is 22.7. The lowest BCUT2D eigenvalue weighted by atomic mass is 9.83. The molecule has 9 aromatic rings. The van der Waals surface area contributed by atoms with Gasteiger partial charge >= 0.3 is 12.1 Å². The van der Waals surface area contributed by atoms with E-state index in [0.717, 1.165) is 215 Å². The highest BCUT2D eigenvalue weighted by molar-refractivity contribution is 7.89. The van der Waals surface area contributed by atoms with Crippen LogP contribution in [0.1, 0.15) is 168 Å². The number of ether oxygens (including phenoxy) is 1. The van der Waals surface area contributed by atoms with Gasteiger partial charge in [0.2, 0.25) is 27.9 Å². The number of carbonyl (C=O) groups is 1. The number of nitrogens with one attached hydrogen (secondary N) is 3. The Morgan fingerprint density at radius 3 is 1.47 bits per heavy atom. The van der Waals surface area contributed by atoms with Gasteiger partial charge in [-0.05, 0) is 150 Å². The molecular formula is C79H108F4N18O7S. The molecule has 8 heterocycles. The van der Waals surface area contributed by atoms with Crippen LogP contribution in [0.3, 0.4) is 0 Å². The molecule has 0 spiro atoms. The predicted octanol–water partition coefficient (Wildman–Crippen LogP) is 14.1. The van der Waals surface area contributed by atoms with Gasteiger partial charge in [-0.3, -0.25) is 4.90 Å². The molecule has 0 unspecified atom stereocenters. The second kappa shape index (κ2) is 38.0. The van der Waals surface area contributed by atoms with E-state index in [4.69, 9.17) is 44.9 Å². The molecular weight excluding hydrogens is 1420 g/mol. The van der Waals surface area contributed by atoms with Gasteiger partial charge in [-0.15, -0.1) is 0 Å². The highest BCUT2D eigenvalue weighted by atomic mass is 32.2. The number of carboxylic acids is 1. The van der Waals surface area contributed by atoms with Gasteiger partial charge in [0.15, 0.2) is 16.9 Å². The molecule has 6 fully saturated rings. The van der Waals surface area contributed by atoms with Gasteiger partial charge in [0.25, 0.3) is 0 Å². The van der Waals surface area contributed by atoms with E-state index in [1.54, 1.807) is 42.6 Å². The number of fused-ring (bicyclic) bond motifs is 3. The Morgan fingerprint density at radius 1 is 0.569 bits per heavy atom. The number of aliphatic hydroxyl groups is 2. The van der Waals surface area contributed by atoms with Crippen molar-refractivity contribution in [3.05, 3.63) is 103 Å². The number of benzene rings is 3. The first kappa shape index (κ1) is 81.6. The Balaban J connectivity index is 0.000000156. The lowest BCUT2D eigenvalue weighted by molar-refractivity contribution is -0.192. The minimum Gasteiger partial charge on any atom is -0.475 e. The first-order valence-corrected chi connectivity index (χ1v) is 40.2. The number of hydrogen-bond acceptors (Lipinski definition) is 20. The first-order valence-electron chi connectivity index (χ1n) is 38.7.